The Morgan fingerprint density at radius 2 is 0.669 bits per heavy atom. The van der Waals surface area contributed by atoms with Crippen LogP contribution in [-0.4, -0.2) is 110 Å². The van der Waals surface area contributed by atoms with E-state index in [-0.39, 0.29) is 35.8 Å². The van der Waals surface area contributed by atoms with Crippen LogP contribution >= 0.6 is 45.3 Å². The molecule has 0 bridgehead atoms. The maximum absolute atomic E-state index is 11.3. The molecule has 0 aliphatic heterocycles. The number of thiophene rings is 4. The fraction of sp³-hybridized carbons (Fsp3) is 0.220. The number of methoxy groups -OCH3 is 2. The van der Waals surface area contributed by atoms with Crippen LogP contribution in [0.15, 0.2) is 219 Å². The van der Waals surface area contributed by atoms with Crippen molar-refractivity contribution in [3.05, 3.63) is 308 Å². The van der Waals surface area contributed by atoms with Gasteiger partial charge in [0.1, 0.15) is 34.8 Å². The first-order chi connectivity index (χ1) is 62.7. The Hall–Kier alpha value is -14.5. The number of nitrogens with one attached hydrogen (secondary N) is 6. The van der Waals surface area contributed by atoms with Gasteiger partial charge in [-0.25, -0.2) is 49.5 Å². The normalized spacial score (nSPS) is 10.7. The van der Waals surface area contributed by atoms with E-state index in [1.807, 2.05) is 118 Å². The number of ether oxygens (including phenoxy) is 2. The number of benzene rings is 6. The van der Waals surface area contributed by atoms with Crippen molar-refractivity contribution >= 4 is 137 Å². The minimum absolute atomic E-state index is 0.0103. The summed E-state index contributed by atoms with van der Waals surface area (Å²) < 4.78 is 10.5. The van der Waals surface area contributed by atoms with Gasteiger partial charge in [0.15, 0.2) is 23.3 Å². The third kappa shape index (κ3) is 27.3. The molecule has 26 nitrogen and oxygen atoms in total. The number of nitrogens with zero attached hydrogens (tertiary/aromatic N) is 8. The molecule has 130 heavy (non-hydrogen) atoms. The van der Waals surface area contributed by atoms with Crippen molar-refractivity contribution < 1.29 is 58.7 Å². The average molecular weight is 1820 g/mol. The number of carboxylic acids is 4. The van der Waals surface area contributed by atoms with E-state index >= 15 is 0 Å². The topological polar surface area (TPSA) is 377 Å². The summed E-state index contributed by atoms with van der Waals surface area (Å²) >= 11 is 6.25. The average Bonchev–Trinajstić information content (AvgIpc) is 1.39. The number of aromatic nitrogens is 8. The number of allylic oxidation sites excluding steroid dienone is 2. The first-order valence-corrected chi connectivity index (χ1v) is 45.3. The van der Waals surface area contributed by atoms with Crippen molar-refractivity contribution in [3.8, 4) is 54.3 Å². The largest absolute Gasteiger partial charge is 0.497 e. The Kier molecular flexibility index (Phi) is 34.7. The van der Waals surface area contributed by atoms with Crippen molar-refractivity contribution in [2.75, 3.05) is 46.1 Å². The van der Waals surface area contributed by atoms with Gasteiger partial charge in [-0.05, 0) is 246 Å². The number of anilines is 10. The highest BCUT2D eigenvalue weighted by Crippen LogP contribution is 2.38. The molecule has 10 N–H and O–H groups in total. The van der Waals surface area contributed by atoms with E-state index in [1.54, 1.807) is 85.4 Å². The van der Waals surface area contributed by atoms with Gasteiger partial charge in [-0.2, -0.15) is 0 Å². The second-order valence-corrected chi connectivity index (χ2v) is 34.2. The van der Waals surface area contributed by atoms with Crippen LogP contribution in [0.5, 0.6) is 11.5 Å². The summed E-state index contributed by atoms with van der Waals surface area (Å²) in [5.74, 6) is 3.27. The fourth-order valence-electron chi connectivity index (χ4n) is 13.7. The Labute approximate surface area is 770 Å². The highest BCUT2D eigenvalue weighted by Gasteiger charge is 2.22. The highest BCUT2D eigenvalue weighted by atomic mass is 32.1. The molecule has 0 atom stereocenters. The molecular weight excluding hydrogens is 1720 g/mol. The molecule has 0 unspecified atom stereocenters. The summed E-state index contributed by atoms with van der Waals surface area (Å²) in [5.41, 5.74) is 15.4. The molecule has 0 aliphatic carbocycles. The summed E-state index contributed by atoms with van der Waals surface area (Å²) in [6, 6.07) is 60.2. The molecule has 0 saturated carbocycles. The van der Waals surface area contributed by atoms with E-state index < -0.39 is 23.9 Å². The lowest BCUT2D eigenvalue weighted by Crippen LogP contribution is -2.07. The van der Waals surface area contributed by atoms with Crippen LogP contribution in [0, 0.1) is 13.8 Å². The van der Waals surface area contributed by atoms with Crippen LogP contribution < -0.4 is 41.4 Å². The monoisotopic (exact) mass is 1820 g/mol. The Bertz CT molecular complexity index is 6290. The van der Waals surface area contributed by atoms with Crippen LogP contribution in [0.1, 0.15) is 139 Å². The molecule has 6 aromatic carbocycles. The molecule has 0 saturated heterocycles. The van der Waals surface area contributed by atoms with Crippen LogP contribution in [0.25, 0.3) is 42.8 Å². The first-order valence-electron chi connectivity index (χ1n) is 42.0. The SMILES string of the molecule is C=CCc1c(C)nc(-c2ccc(NC(C)=O)s2)nc1Nc1ccc(C(=O)O)cc1.C=CCc1c(CC)nc(-c2ccc(NC(C)=O)s2)nc1Nc1ccc(C(=O)O)cc1.CCc1c(C)nc(-c2ccc(CCc3ccc(OC)cc3)s2)nc1Nc1ccc(CC(=O)O)cc1.CCc1nc(-c2ccc(CCc3ccc(OC)cc3)s2)nc(Nc2ccc(CC(=O)O)cc2)c1CC. The molecule has 0 spiro atoms. The first kappa shape index (κ1) is 96.2. The smallest absolute Gasteiger partial charge is 0.335 e. The maximum Gasteiger partial charge on any atom is 0.335 e. The minimum atomic E-state index is -0.975. The second kappa shape index (κ2) is 46.8. The standard InChI is InChI=1S/C29H31N3O3S.C28H29N3O3S.C22H22N4O3S.C21H20N4O3S/c1-4-24-25(5-2)31-29(32-28(24)30-21-11-6-20(7-12-21)18-27(33)34)26-17-16-23(36-26)15-10-19-8-13-22(35-3)14-9-19;1-4-24-18(2)29-28(31-27(24)30-21-10-5-20(6-11-21)17-26(32)33)25-16-15-23(35-25)14-9-19-7-12-22(34-3)13-8-19;1-4-6-16-17(5-2)25-21(18-11-12-19(30-18)23-13(3)27)26-20(16)24-15-9-7-14(8-10-15)22(28)29;1-4-5-16-12(2)22-20(17-10-11-18(29-17)23-13(3)26)25-19(16)24-15-8-6-14(7-9-15)21(27)28/h6-9,11-14,16-17H,4-5,10,15,18H2,1-3H3,(H,33,34)(H,30,31,32);5-8,10-13,15-16H,4,9,14,17H2,1-3H3,(H,32,33)(H,29,30,31);4,7-12H,1,5-6H2,2-3H3,(H,23,27)(H,28,29)(H,24,25,26);4,6-11H,1,5H2,2-3H3,(H,23,26)(H,27,28)(H,22,24,25). The predicted molar refractivity (Wildman–Crippen MR) is 521 cm³/mol. The van der Waals surface area contributed by atoms with Crippen molar-refractivity contribution in [1.29, 1.82) is 0 Å². The number of rotatable bonds is 36. The molecular formula is C100H102N14O12S4. The Morgan fingerprint density at radius 3 is 1.02 bits per heavy atom. The molecule has 0 fully saturated rings. The van der Waals surface area contributed by atoms with E-state index in [9.17, 15) is 28.8 Å². The number of carboxylic acid groups (broad SMARTS) is 4. The number of aryl methyl sites for hydroxylation is 8. The zero-order chi connectivity index (χ0) is 92.9. The lowest BCUT2D eigenvalue weighted by Gasteiger charge is -2.15. The summed E-state index contributed by atoms with van der Waals surface area (Å²) in [4.78, 5) is 111. The number of amides is 2. The number of carbonyl (C=O) groups excluding carboxylic acids is 2. The molecule has 8 heterocycles. The molecule has 14 aromatic rings. The van der Waals surface area contributed by atoms with E-state index in [2.05, 4.69) is 124 Å². The van der Waals surface area contributed by atoms with E-state index in [4.69, 9.17) is 59.8 Å². The molecule has 8 aromatic heterocycles. The van der Waals surface area contributed by atoms with Crippen molar-refractivity contribution in [2.45, 2.75) is 132 Å². The number of carbonyl (C=O) groups is 6. The summed E-state index contributed by atoms with van der Waals surface area (Å²) in [7, 11) is 3.36. The molecule has 668 valence electrons. The van der Waals surface area contributed by atoms with Crippen molar-refractivity contribution in [1.82, 2.24) is 39.9 Å². The Balaban J connectivity index is 0.000000168. The van der Waals surface area contributed by atoms with Crippen molar-refractivity contribution in [3.63, 3.8) is 0 Å². The van der Waals surface area contributed by atoms with Gasteiger partial charge in [0, 0.05) is 91.4 Å². The number of aliphatic carboxylic acids is 2. The van der Waals surface area contributed by atoms with Crippen LogP contribution in [0.2, 0.25) is 0 Å². The quantitative estimate of drug-likeness (QED) is 0.0163. The van der Waals surface area contributed by atoms with Crippen LogP contribution in [-0.2, 0) is 96.2 Å². The van der Waals surface area contributed by atoms with Gasteiger partial charge < -0.3 is 61.8 Å². The lowest BCUT2D eigenvalue weighted by atomic mass is 10.1. The number of aromatic carboxylic acids is 2. The molecule has 0 radical (unpaired) electrons. The van der Waals surface area contributed by atoms with Gasteiger partial charge in [0.2, 0.25) is 11.8 Å². The number of hydrogen-bond acceptors (Lipinski definition) is 24. The maximum atomic E-state index is 11.3. The number of hydrogen-bond donors (Lipinski definition) is 10. The van der Waals surface area contributed by atoms with Gasteiger partial charge in [-0.1, -0.05) is 88.4 Å². The zero-order valence-corrected chi connectivity index (χ0v) is 77.1. The van der Waals surface area contributed by atoms with Crippen LogP contribution in [0.3, 0.4) is 0 Å². The van der Waals surface area contributed by atoms with E-state index in [0.717, 1.165) is 189 Å². The van der Waals surface area contributed by atoms with Crippen LogP contribution in [0.4, 0.5) is 56.0 Å². The van der Waals surface area contributed by atoms with E-state index in [1.165, 1.54) is 69.5 Å². The second-order valence-electron chi connectivity index (χ2n) is 29.7. The van der Waals surface area contributed by atoms with Gasteiger partial charge in [-0.3, -0.25) is 19.2 Å². The van der Waals surface area contributed by atoms with Gasteiger partial charge in [0.25, 0.3) is 0 Å². The molecule has 2 amide bonds. The summed E-state index contributed by atoms with van der Waals surface area (Å²) in [5, 5.41) is 56.5. The lowest BCUT2D eigenvalue weighted by molar-refractivity contribution is -0.137. The Morgan fingerprint density at radius 1 is 0.354 bits per heavy atom. The predicted octanol–water partition coefficient (Wildman–Crippen LogP) is 22.3. The highest BCUT2D eigenvalue weighted by molar-refractivity contribution is 7.20. The zero-order valence-electron chi connectivity index (χ0n) is 73.8. The van der Waals surface area contributed by atoms with Gasteiger partial charge >= 0.3 is 23.9 Å². The molecule has 30 heteroatoms. The van der Waals surface area contributed by atoms with Gasteiger partial charge in [-0.15, -0.1) is 58.5 Å². The van der Waals surface area contributed by atoms with Crippen molar-refractivity contribution in [2.24, 2.45) is 0 Å². The van der Waals surface area contributed by atoms with Gasteiger partial charge in [0.05, 0.1) is 67.7 Å². The minimum Gasteiger partial charge on any atom is -0.497 e. The van der Waals surface area contributed by atoms with E-state index in [0.29, 0.717) is 42.0 Å². The molecule has 0 aliphatic rings. The fourth-order valence-corrected chi connectivity index (χ4v) is 17.4. The third-order valence-electron chi connectivity index (χ3n) is 20.3. The summed E-state index contributed by atoms with van der Waals surface area (Å²) in [6.07, 6.45) is 11.8. The summed E-state index contributed by atoms with van der Waals surface area (Å²) in [6.45, 7) is 22.8. The third-order valence-corrected chi connectivity index (χ3v) is 24.5. The molecule has 14 rings (SSSR count).